The minimum Gasteiger partial charge on any atom is -0.454 e. The van der Waals surface area contributed by atoms with Crippen molar-refractivity contribution in [3.05, 3.63) is 23.8 Å². The average molecular weight is 345 g/mol. The predicted molar refractivity (Wildman–Crippen MR) is 96.4 cm³/mol. The van der Waals surface area contributed by atoms with E-state index in [-0.39, 0.29) is 5.41 Å². The largest absolute Gasteiger partial charge is 0.454 e. The van der Waals surface area contributed by atoms with Gasteiger partial charge in [-0.3, -0.25) is 4.99 Å². The van der Waals surface area contributed by atoms with Crippen LogP contribution in [0.5, 0.6) is 11.5 Å². The van der Waals surface area contributed by atoms with Gasteiger partial charge in [-0.1, -0.05) is 6.07 Å². The third kappa shape index (κ3) is 3.68. The van der Waals surface area contributed by atoms with E-state index in [9.17, 15) is 0 Å². The van der Waals surface area contributed by atoms with E-state index in [2.05, 4.69) is 29.7 Å². The highest BCUT2D eigenvalue weighted by Gasteiger charge is 2.44. The lowest BCUT2D eigenvalue weighted by Gasteiger charge is -2.17. The van der Waals surface area contributed by atoms with Crippen molar-refractivity contribution < 1.29 is 14.2 Å². The predicted octanol–water partition coefficient (Wildman–Crippen LogP) is 2.18. The van der Waals surface area contributed by atoms with E-state index in [1.165, 1.54) is 18.4 Å². The van der Waals surface area contributed by atoms with Crippen LogP contribution >= 0.6 is 0 Å². The van der Waals surface area contributed by atoms with Crippen molar-refractivity contribution in [2.75, 3.05) is 33.0 Å². The number of guanidine groups is 1. The van der Waals surface area contributed by atoms with Gasteiger partial charge in [-0.2, -0.15) is 0 Å². The van der Waals surface area contributed by atoms with E-state index < -0.39 is 0 Å². The zero-order chi connectivity index (χ0) is 17.1. The SMILES string of the molecule is CCNC(=NCC1(c2ccc3c(c2)OCO3)CC1)NCC1CCCO1. The molecular weight excluding hydrogens is 318 g/mol. The Bertz CT molecular complexity index is 637. The molecular formula is C19H27N3O3. The summed E-state index contributed by atoms with van der Waals surface area (Å²) in [6, 6.07) is 6.29. The van der Waals surface area contributed by atoms with Crippen LogP contribution in [0, 0.1) is 0 Å². The van der Waals surface area contributed by atoms with Gasteiger partial charge >= 0.3 is 0 Å². The third-order valence-electron chi connectivity index (χ3n) is 5.24. The fraction of sp³-hybridized carbons (Fsp3) is 0.632. The van der Waals surface area contributed by atoms with E-state index in [0.29, 0.717) is 12.9 Å². The summed E-state index contributed by atoms with van der Waals surface area (Å²) in [6.45, 7) is 5.76. The molecule has 1 saturated heterocycles. The van der Waals surface area contributed by atoms with E-state index in [0.717, 1.165) is 56.5 Å². The smallest absolute Gasteiger partial charge is 0.231 e. The topological polar surface area (TPSA) is 64.1 Å². The molecule has 0 aromatic heterocycles. The molecule has 0 bridgehead atoms. The second kappa shape index (κ2) is 7.12. The number of ether oxygens (including phenoxy) is 3. The van der Waals surface area contributed by atoms with Crippen molar-refractivity contribution in [1.82, 2.24) is 10.6 Å². The molecule has 6 nitrogen and oxygen atoms in total. The van der Waals surface area contributed by atoms with Crippen molar-refractivity contribution in [3.8, 4) is 11.5 Å². The van der Waals surface area contributed by atoms with Gasteiger partial charge in [0.15, 0.2) is 17.5 Å². The summed E-state index contributed by atoms with van der Waals surface area (Å²) in [5.41, 5.74) is 1.45. The first kappa shape index (κ1) is 16.5. The van der Waals surface area contributed by atoms with Crippen molar-refractivity contribution in [2.45, 2.75) is 44.1 Å². The van der Waals surface area contributed by atoms with Crippen LogP contribution < -0.4 is 20.1 Å². The minimum absolute atomic E-state index is 0.146. The fourth-order valence-corrected chi connectivity index (χ4v) is 3.50. The Balaban J connectivity index is 1.40. The molecule has 1 saturated carbocycles. The number of rotatable bonds is 6. The molecule has 1 unspecified atom stereocenters. The van der Waals surface area contributed by atoms with Gasteiger partial charge in [0.05, 0.1) is 12.6 Å². The number of fused-ring (bicyclic) bond motifs is 1. The van der Waals surface area contributed by atoms with Gasteiger partial charge in [-0.05, 0) is 50.3 Å². The summed E-state index contributed by atoms with van der Waals surface area (Å²) in [6.07, 6.45) is 4.94. The molecule has 1 aromatic rings. The molecule has 136 valence electrons. The van der Waals surface area contributed by atoms with Crippen molar-refractivity contribution in [2.24, 2.45) is 4.99 Å². The monoisotopic (exact) mass is 345 g/mol. The van der Waals surface area contributed by atoms with Gasteiger partial charge in [0.1, 0.15) is 0 Å². The van der Waals surface area contributed by atoms with Crippen LogP contribution in [0.25, 0.3) is 0 Å². The molecule has 0 spiro atoms. The maximum absolute atomic E-state index is 5.68. The van der Waals surface area contributed by atoms with Gasteiger partial charge in [0, 0.05) is 25.1 Å². The number of benzene rings is 1. The van der Waals surface area contributed by atoms with Gasteiger partial charge < -0.3 is 24.8 Å². The molecule has 0 radical (unpaired) electrons. The number of nitrogens with one attached hydrogen (secondary N) is 2. The van der Waals surface area contributed by atoms with Gasteiger partial charge in [-0.25, -0.2) is 0 Å². The quantitative estimate of drug-likeness (QED) is 0.611. The Morgan fingerprint density at radius 3 is 2.88 bits per heavy atom. The van der Waals surface area contributed by atoms with Crippen molar-refractivity contribution in [1.29, 1.82) is 0 Å². The molecule has 4 rings (SSSR count). The number of hydrogen-bond donors (Lipinski definition) is 2. The number of nitrogens with zero attached hydrogens (tertiary/aromatic N) is 1. The molecule has 1 aromatic carbocycles. The summed E-state index contributed by atoms with van der Waals surface area (Å²) in [5, 5.41) is 6.76. The molecule has 6 heteroatoms. The summed E-state index contributed by atoms with van der Waals surface area (Å²) >= 11 is 0. The molecule has 2 fully saturated rings. The summed E-state index contributed by atoms with van der Waals surface area (Å²) < 4.78 is 16.6. The highest BCUT2D eigenvalue weighted by Crippen LogP contribution is 2.50. The van der Waals surface area contributed by atoms with E-state index >= 15 is 0 Å². The molecule has 1 atom stereocenters. The average Bonchev–Trinajstić information content (AvgIpc) is 3.04. The second-order valence-electron chi connectivity index (χ2n) is 7.06. The summed E-state index contributed by atoms with van der Waals surface area (Å²) in [7, 11) is 0. The van der Waals surface area contributed by atoms with Crippen LogP contribution in [0.1, 0.15) is 38.2 Å². The van der Waals surface area contributed by atoms with Crippen LogP contribution in [-0.2, 0) is 10.2 Å². The first-order chi connectivity index (χ1) is 12.3. The van der Waals surface area contributed by atoms with Crippen LogP contribution in [0.3, 0.4) is 0 Å². The molecule has 3 aliphatic rings. The second-order valence-corrected chi connectivity index (χ2v) is 7.06. The molecule has 2 N–H and O–H groups in total. The van der Waals surface area contributed by atoms with Crippen LogP contribution in [0.4, 0.5) is 0 Å². The molecule has 1 aliphatic carbocycles. The van der Waals surface area contributed by atoms with Crippen molar-refractivity contribution in [3.63, 3.8) is 0 Å². The lowest BCUT2D eigenvalue weighted by Crippen LogP contribution is -2.41. The molecule has 2 heterocycles. The highest BCUT2D eigenvalue weighted by molar-refractivity contribution is 5.79. The Kier molecular flexibility index (Phi) is 4.70. The number of aliphatic imine (C=N–C) groups is 1. The van der Waals surface area contributed by atoms with Gasteiger partial charge in [0.25, 0.3) is 0 Å². The first-order valence-electron chi connectivity index (χ1n) is 9.33. The normalized spacial score (nSPS) is 23.6. The maximum atomic E-state index is 5.68. The van der Waals surface area contributed by atoms with Crippen LogP contribution in [0.15, 0.2) is 23.2 Å². The first-order valence-corrected chi connectivity index (χ1v) is 9.33. The fourth-order valence-electron chi connectivity index (χ4n) is 3.50. The van der Waals surface area contributed by atoms with Gasteiger partial charge in [0.2, 0.25) is 6.79 Å². The zero-order valence-electron chi connectivity index (χ0n) is 14.8. The zero-order valence-corrected chi connectivity index (χ0v) is 14.8. The number of hydrogen-bond acceptors (Lipinski definition) is 4. The van der Waals surface area contributed by atoms with E-state index in [1.807, 2.05) is 6.07 Å². The summed E-state index contributed by atoms with van der Waals surface area (Å²) in [5.74, 6) is 2.58. The van der Waals surface area contributed by atoms with E-state index in [1.54, 1.807) is 0 Å². The highest BCUT2D eigenvalue weighted by atomic mass is 16.7. The van der Waals surface area contributed by atoms with E-state index in [4.69, 9.17) is 19.2 Å². The lowest BCUT2D eigenvalue weighted by molar-refractivity contribution is 0.114. The standard InChI is InChI=1S/C19H27N3O3/c1-2-20-18(21-11-15-4-3-9-23-15)22-12-19(7-8-19)14-5-6-16-17(10-14)25-13-24-16/h5-6,10,15H,2-4,7-9,11-13H2,1H3,(H2,20,21,22). The Morgan fingerprint density at radius 1 is 1.24 bits per heavy atom. The maximum Gasteiger partial charge on any atom is 0.231 e. The molecule has 25 heavy (non-hydrogen) atoms. The Morgan fingerprint density at radius 2 is 2.12 bits per heavy atom. The molecule has 2 aliphatic heterocycles. The Labute approximate surface area is 148 Å². The van der Waals surface area contributed by atoms with Crippen molar-refractivity contribution >= 4 is 5.96 Å². The lowest BCUT2D eigenvalue weighted by atomic mass is 9.96. The summed E-state index contributed by atoms with van der Waals surface area (Å²) in [4.78, 5) is 4.85. The molecule has 0 amide bonds. The Hall–Kier alpha value is -1.95. The van der Waals surface area contributed by atoms with Crippen LogP contribution in [0.2, 0.25) is 0 Å². The minimum atomic E-state index is 0.146. The van der Waals surface area contributed by atoms with Gasteiger partial charge in [-0.15, -0.1) is 0 Å². The third-order valence-corrected chi connectivity index (χ3v) is 5.24. The van der Waals surface area contributed by atoms with Crippen LogP contribution in [-0.4, -0.2) is 45.1 Å².